The van der Waals surface area contributed by atoms with Crippen LogP contribution in [0, 0.1) is 5.92 Å². The first-order chi connectivity index (χ1) is 8.63. The number of carbonyl (C=O) groups is 1. The number of rotatable bonds is 4. The van der Waals surface area contributed by atoms with Gasteiger partial charge in [-0.15, -0.1) is 0 Å². The molecule has 1 aromatic rings. The van der Waals surface area contributed by atoms with Gasteiger partial charge < -0.3 is 9.47 Å². The lowest BCUT2D eigenvalue weighted by Crippen LogP contribution is -2.36. The van der Waals surface area contributed by atoms with Gasteiger partial charge in [0.05, 0.1) is 19.7 Å². The van der Waals surface area contributed by atoms with E-state index in [1.807, 2.05) is 12.1 Å². The fourth-order valence-electron chi connectivity index (χ4n) is 2.11. The van der Waals surface area contributed by atoms with Crippen molar-refractivity contribution in [3.8, 4) is 5.88 Å². The fourth-order valence-corrected chi connectivity index (χ4v) is 2.11. The summed E-state index contributed by atoms with van der Waals surface area (Å²) in [4.78, 5) is 17.6. The molecule has 1 aliphatic heterocycles. The van der Waals surface area contributed by atoms with Gasteiger partial charge in [-0.2, -0.15) is 0 Å². The van der Waals surface area contributed by atoms with Crippen molar-refractivity contribution < 1.29 is 14.3 Å². The van der Waals surface area contributed by atoms with Crippen LogP contribution >= 0.6 is 0 Å². The minimum Gasteiger partial charge on any atom is -0.481 e. The van der Waals surface area contributed by atoms with Gasteiger partial charge in [-0.25, -0.2) is 9.78 Å². The van der Waals surface area contributed by atoms with Crippen LogP contribution in [0.2, 0.25) is 0 Å². The second kappa shape index (κ2) is 5.25. The van der Waals surface area contributed by atoms with Crippen LogP contribution in [0.25, 0.3) is 0 Å². The molecule has 1 aromatic heterocycles. The lowest BCUT2D eigenvalue weighted by Gasteiger charge is -2.24. The maximum atomic E-state index is 11.7. The van der Waals surface area contributed by atoms with Crippen LogP contribution in [0.1, 0.15) is 19.4 Å². The first-order valence-electron chi connectivity index (χ1n) is 6.04. The van der Waals surface area contributed by atoms with Crippen molar-refractivity contribution in [3.63, 3.8) is 0 Å². The Hall–Kier alpha value is -1.78. The van der Waals surface area contributed by atoms with E-state index in [1.54, 1.807) is 18.2 Å². The third kappa shape index (κ3) is 2.39. The number of hydrogen-bond acceptors (Lipinski definition) is 4. The van der Waals surface area contributed by atoms with E-state index in [-0.39, 0.29) is 12.1 Å². The molecule has 2 heterocycles. The summed E-state index contributed by atoms with van der Waals surface area (Å²) in [6.07, 6.45) is 1.41. The van der Waals surface area contributed by atoms with Crippen molar-refractivity contribution in [1.82, 2.24) is 9.88 Å². The molecule has 0 N–H and O–H groups in total. The van der Waals surface area contributed by atoms with Gasteiger partial charge in [-0.05, 0) is 12.0 Å². The summed E-state index contributed by atoms with van der Waals surface area (Å²) in [6.45, 7) is 5.10. The molecular formula is C13H18N2O3. The third-order valence-corrected chi connectivity index (χ3v) is 3.17. The summed E-state index contributed by atoms with van der Waals surface area (Å²) in [5, 5.41) is 0. The maximum absolute atomic E-state index is 11.7. The summed E-state index contributed by atoms with van der Waals surface area (Å²) in [7, 11) is 1.58. The highest BCUT2D eigenvalue weighted by Gasteiger charge is 2.35. The molecule has 98 valence electrons. The number of ether oxygens (including phenoxy) is 2. The van der Waals surface area contributed by atoms with Crippen molar-refractivity contribution in [2.75, 3.05) is 13.7 Å². The Labute approximate surface area is 107 Å². The number of aromatic nitrogens is 1. The molecule has 0 saturated carbocycles. The minimum absolute atomic E-state index is 0.113. The van der Waals surface area contributed by atoms with Gasteiger partial charge in [0.1, 0.15) is 6.61 Å². The highest BCUT2D eigenvalue weighted by atomic mass is 16.6. The average molecular weight is 250 g/mol. The Balaban J connectivity index is 2.19. The highest BCUT2D eigenvalue weighted by molar-refractivity contribution is 5.70. The molecule has 0 aromatic carbocycles. The Kier molecular flexibility index (Phi) is 3.69. The van der Waals surface area contributed by atoms with Gasteiger partial charge in [0, 0.05) is 11.8 Å². The van der Waals surface area contributed by atoms with Gasteiger partial charge in [0.25, 0.3) is 0 Å². The predicted octanol–water partition coefficient (Wildman–Crippen LogP) is 2.07. The van der Waals surface area contributed by atoms with Crippen molar-refractivity contribution in [2.24, 2.45) is 5.92 Å². The molecule has 2 rings (SSSR count). The SMILES string of the molecule is COc1ncccc1CN1C(=O)OC[C@@H]1C(C)C. The molecule has 1 aliphatic rings. The van der Waals surface area contributed by atoms with Crippen molar-refractivity contribution in [2.45, 2.75) is 26.4 Å². The summed E-state index contributed by atoms with van der Waals surface area (Å²) < 4.78 is 10.3. The zero-order valence-corrected chi connectivity index (χ0v) is 10.9. The van der Waals surface area contributed by atoms with E-state index in [0.717, 1.165) is 5.56 Å². The molecule has 1 fully saturated rings. The fraction of sp³-hybridized carbons (Fsp3) is 0.538. The normalized spacial score (nSPS) is 19.2. The van der Waals surface area contributed by atoms with Gasteiger partial charge in [0.2, 0.25) is 5.88 Å². The van der Waals surface area contributed by atoms with Gasteiger partial charge >= 0.3 is 6.09 Å². The Morgan fingerprint density at radius 1 is 1.61 bits per heavy atom. The average Bonchev–Trinajstić information content (AvgIpc) is 2.72. The standard InChI is InChI=1S/C13H18N2O3/c1-9(2)11-8-18-13(16)15(11)7-10-5-4-6-14-12(10)17-3/h4-6,9,11H,7-8H2,1-3H3/t11-/m1/s1. The zero-order valence-electron chi connectivity index (χ0n) is 10.9. The second-order valence-electron chi connectivity index (χ2n) is 4.69. The summed E-state index contributed by atoms with van der Waals surface area (Å²) in [5.41, 5.74) is 0.893. The number of pyridine rings is 1. The lowest BCUT2D eigenvalue weighted by atomic mass is 10.0. The monoisotopic (exact) mass is 250 g/mol. The van der Waals surface area contributed by atoms with Crippen LogP contribution in [0.5, 0.6) is 5.88 Å². The van der Waals surface area contributed by atoms with Crippen LogP contribution in [0.3, 0.4) is 0 Å². The van der Waals surface area contributed by atoms with Gasteiger partial charge in [-0.3, -0.25) is 4.90 Å². The first kappa shape index (κ1) is 12.7. The number of methoxy groups -OCH3 is 1. The molecule has 0 unspecified atom stereocenters. The van der Waals surface area contributed by atoms with E-state index in [2.05, 4.69) is 18.8 Å². The van der Waals surface area contributed by atoms with E-state index in [0.29, 0.717) is 24.9 Å². The Morgan fingerprint density at radius 3 is 3.06 bits per heavy atom. The van der Waals surface area contributed by atoms with Gasteiger partial charge in [-0.1, -0.05) is 19.9 Å². The number of carbonyl (C=O) groups excluding carboxylic acids is 1. The molecule has 5 nitrogen and oxygen atoms in total. The zero-order chi connectivity index (χ0) is 13.1. The molecule has 1 saturated heterocycles. The summed E-state index contributed by atoms with van der Waals surface area (Å²) in [5.74, 6) is 0.916. The largest absolute Gasteiger partial charge is 0.481 e. The van der Waals surface area contributed by atoms with E-state index >= 15 is 0 Å². The van der Waals surface area contributed by atoms with E-state index in [4.69, 9.17) is 9.47 Å². The first-order valence-corrected chi connectivity index (χ1v) is 6.04. The van der Waals surface area contributed by atoms with Crippen LogP contribution in [0.4, 0.5) is 4.79 Å². The van der Waals surface area contributed by atoms with E-state index in [9.17, 15) is 4.79 Å². The molecule has 18 heavy (non-hydrogen) atoms. The molecular weight excluding hydrogens is 232 g/mol. The third-order valence-electron chi connectivity index (χ3n) is 3.17. The summed E-state index contributed by atoms with van der Waals surface area (Å²) >= 11 is 0. The highest BCUT2D eigenvalue weighted by Crippen LogP contribution is 2.24. The quantitative estimate of drug-likeness (QED) is 0.820. The van der Waals surface area contributed by atoms with Crippen molar-refractivity contribution in [3.05, 3.63) is 23.9 Å². The van der Waals surface area contributed by atoms with Crippen molar-refractivity contribution >= 4 is 6.09 Å². The second-order valence-corrected chi connectivity index (χ2v) is 4.69. The van der Waals surface area contributed by atoms with Crippen molar-refractivity contribution in [1.29, 1.82) is 0 Å². The molecule has 5 heteroatoms. The number of hydrogen-bond donors (Lipinski definition) is 0. The number of cyclic esters (lactones) is 1. The van der Waals surface area contributed by atoms with Crippen LogP contribution < -0.4 is 4.74 Å². The predicted molar refractivity (Wildman–Crippen MR) is 66.3 cm³/mol. The molecule has 1 amide bonds. The minimum atomic E-state index is -0.264. The van der Waals surface area contributed by atoms with Crippen LogP contribution in [0.15, 0.2) is 18.3 Å². The molecule has 1 atom stereocenters. The summed E-state index contributed by atoms with van der Waals surface area (Å²) in [6, 6.07) is 3.86. The maximum Gasteiger partial charge on any atom is 0.410 e. The van der Waals surface area contributed by atoms with Crippen LogP contribution in [-0.4, -0.2) is 35.7 Å². The molecule has 0 bridgehead atoms. The van der Waals surface area contributed by atoms with Gasteiger partial charge in [0.15, 0.2) is 0 Å². The number of amides is 1. The number of nitrogens with zero attached hydrogens (tertiary/aromatic N) is 2. The molecule has 0 spiro atoms. The Morgan fingerprint density at radius 2 is 2.39 bits per heavy atom. The van der Waals surface area contributed by atoms with Crippen LogP contribution in [-0.2, 0) is 11.3 Å². The lowest BCUT2D eigenvalue weighted by molar-refractivity contribution is 0.154. The molecule has 0 aliphatic carbocycles. The smallest absolute Gasteiger partial charge is 0.410 e. The van der Waals surface area contributed by atoms with E-state index in [1.165, 1.54) is 0 Å². The topological polar surface area (TPSA) is 51.7 Å². The Bertz CT molecular complexity index is 434. The molecule has 0 radical (unpaired) electrons. The van der Waals surface area contributed by atoms with E-state index < -0.39 is 0 Å².